The van der Waals surface area contributed by atoms with Crippen LogP contribution >= 0.6 is 0 Å². The van der Waals surface area contributed by atoms with E-state index in [1.807, 2.05) is 19.1 Å². The van der Waals surface area contributed by atoms with E-state index in [-0.39, 0.29) is 11.8 Å². The second-order valence-corrected chi connectivity index (χ2v) is 6.35. The van der Waals surface area contributed by atoms with E-state index in [2.05, 4.69) is 15.0 Å². The summed E-state index contributed by atoms with van der Waals surface area (Å²) in [5.41, 5.74) is 2.78. The topological polar surface area (TPSA) is 82.2 Å². The molecule has 7 nitrogen and oxygen atoms in total. The number of rotatable bonds is 2. The number of piperazine rings is 1. The number of H-pyrrole nitrogens is 1. The van der Waals surface area contributed by atoms with Crippen LogP contribution in [-0.2, 0) is 0 Å². The molecule has 0 aliphatic carbocycles. The first-order valence-electron chi connectivity index (χ1n) is 8.58. The first kappa shape index (κ1) is 16.3. The highest BCUT2D eigenvalue weighted by atomic mass is 16.2. The minimum absolute atomic E-state index is 0.0240. The third-order valence-electron chi connectivity index (χ3n) is 4.59. The molecule has 0 spiro atoms. The summed E-state index contributed by atoms with van der Waals surface area (Å²) in [5, 5.41) is 0. The molecule has 1 N–H and O–H groups in total. The van der Waals surface area contributed by atoms with Gasteiger partial charge in [-0.2, -0.15) is 0 Å². The van der Waals surface area contributed by atoms with Gasteiger partial charge in [0.15, 0.2) is 0 Å². The summed E-state index contributed by atoms with van der Waals surface area (Å²) < 4.78 is 0. The second-order valence-electron chi connectivity index (χ2n) is 6.35. The lowest BCUT2D eigenvalue weighted by atomic mass is 10.1. The molecule has 0 radical (unpaired) electrons. The van der Waals surface area contributed by atoms with Gasteiger partial charge in [0.25, 0.3) is 11.8 Å². The van der Waals surface area contributed by atoms with Crippen molar-refractivity contribution in [2.24, 2.45) is 0 Å². The molecule has 0 saturated carbocycles. The highest BCUT2D eigenvalue weighted by Crippen LogP contribution is 2.16. The van der Waals surface area contributed by atoms with Crippen molar-refractivity contribution in [2.45, 2.75) is 6.92 Å². The van der Waals surface area contributed by atoms with E-state index in [1.165, 1.54) is 0 Å². The molecule has 1 aliphatic heterocycles. The van der Waals surface area contributed by atoms with Crippen LogP contribution in [-0.4, -0.2) is 62.7 Å². The maximum Gasteiger partial charge on any atom is 0.272 e. The van der Waals surface area contributed by atoms with Crippen molar-refractivity contribution < 1.29 is 9.59 Å². The normalized spacial score (nSPS) is 14.7. The van der Waals surface area contributed by atoms with Crippen LogP contribution in [0.4, 0.5) is 0 Å². The van der Waals surface area contributed by atoms with Gasteiger partial charge < -0.3 is 14.8 Å². The Kier molecular flexibility index (Phi) is 4.12. The molecule has 1 aliphatic rings. The number of hydrogen-bond donors (Lipinski definition) is 1. The monoisotopic (exact) mass is 349 g/mol. The van der Waals surface area contributed by atoms with E-state index < -0.39 is 0 Å². The average molecular weight is 349 g/mol. The van der Waals surface area contributed by atoms with Crippen molar-refractivity contribution >= 4 is 22.8 Å². The first-order chi connectivity index (χ1) is 12.6. The van der Waals surface area contributed by atoms with Gasteiger partial charge in [-0.05, 0) is 37.3 Å². The van der Waals surface area contributed by atoms with Crippen molar-refractivity contribution in [3.05, 3.63) is 59.7 Å². The van der Waals surface area contributed by atoms with Gasteiger partial charge in [-0.1, -0.05) is 6.07 Å². The fourth-order valence-corrected chi connectivity index (χ4v) is 3.22. The number of nitrogens with zero attached hydrogens (tertiary/aromatic N) is 4. The SMILES string of the molecule is Cc1nc2ccc(C(=O)N3CCN(C(=O)c4ccccn4)CC3)cc2[nH]1. The van der Waals surface area contributed by atoms with Crippen LogP contribution in [0.15, 0.2) is 42.6 Å². The Morgan fingerprint density at radius 3 is 2.42 bits per heavy atom. The van der Waals surface area contributed by atoms with Crippen LogP contribution in [0.1, 0.15) is 26.7 Å². The smallest absolute Gasteiger partial charge is 0.272 e. The Morgan fingerprint density at radius 2 is 1.73 bits per heavy atom. The van der Waals surface area contributed by atoms with Crippen molar-refractivity contribution in [1.29, 1.82) is 0 Å². The molecular weight excluding hydrogens is 330 g/mol. The summed E-state index contributed by atoms with van der Waals surface area (Å²) in [6.07, 6.45) is 1.61. The number of aromatic nitrogens is 3. The molecule has 26 heavy (non-hydrogen) atoms. The summed E-state index contributed by atoms with van der Waals surface area (Å²) in [7, 11) is 0. The van der Waals surface area contributed by atoms with Gasteiger partial charge in [-0.3, -0.25) is 14.6 Å². The minimum atomic E-state index is -0.0907. The third-order valence-corrected chi connectivity index (χ3v) is 4.59. The molecule has 2 amide bonds. The zero-order chi connectivity index (χ0) is 18.1. The van der Waals surface area contributed by atoms with Gasteiger partial charge in [-0.25, -0.2) is 4.98 Å². The number of aromatic amines is 1. The lowest BCUT2D eigenvalue weighted by Gasteiger charge is -2.34. The molecular formula is C19H19N5O2. The fourth-order valence-electron chi connectivity index (χ4n) is 3.22. The number of amides is 2. The van der Waals surface area contributed by atoms with E-state index in [9.17, 15) is 9.59 Å². The number of imidazole rings is 1. The molecule has 0 unspecified atom stereocenters. The number of carbonyl (C=O) groups excluding carboxylic acids is 2. The van der Waals surface area contributed by atoms with E-state index in [4.69, 9.17) is 0 Å². The zero-order valence-corrected chi connectivity index (χ0v) is 14.5. The largest absolute Gasteiger partial charge is 0.342 e. The van der Waals surface area contributed by atoms with Crippen molar-refractivity contribution in [3.63, 3.8) is 0 Å². The summed E-state index contributed by atoms with van der Waals surface area (Å²) in [6, 6.07) is 10.8. The van der Waals surface area contributed by atoms with Crippen LogP contribution in [0, 0.1) is 6.92 Å². The molecule has 3 heterocycles. The molecule has 4 rings (SSSR count). The summed E-state index contributed by atoms with van der Waals surface area (Å²) >= 11 is 0. The van der Waals surface area contributed by atoms with Crippen molar-refractivity contribution in [3.8, 4) is 0 Å². The Bertz CT molecular complexity index is 958. The Balaban J connectivity index is 1.43. The van der Waals surface area contributed by atoms with E-state index in [0.717, 1.165) is 16.9 Å². The van der Waals surface area contributed by atoms with E-state index in [0.29, 0.717) is 37.4 Å². The van der Waals surface area contributed by atoms with Crippen molar-refractivity contribution in [1.82, 2.24) is 24.8 Å². The van der Waals surface area contributed by atoms with Gasteiger partial charge in [0.05, 0.1) is 11.0 Å². The molecule has 0 bridgehead atoms. The number of pyridine rings is 1. The molecule has 1 fully saturated rings. The minimum Gasteiger partial charge on any atom is -0.342 e. The van der Waals surface area contributed by atoms with Crippen LogP contribution in [0.25, 0.3) is 11.0 Å². The zero-order valence-electron chi connectivity index (χ0n) is 14.5. The highest BCUT2D eigenvalue weighted by molar-refractivity contribution is 5.98. The number of aryl methyl sites for hydroxylation is 1. The Labute approximate surface area is 150 Å². The third kappa shape index (κ3) is 3.03. The lowest BCUT2D eigenvalue weighted by Crippen LogP contribution is -2.50. The number of nitrogens with one attached hydrogen (secondary N) is 1. The van der Waals surface area contributed by atoms with Crippen LogP contribution in [0.5, 0.6) is 0 Å². The summed E-state index contributed by atoms with van der Waals surface area (Å²) in [6.45, 7) is 3.92. The van der Waals surface area contributed by atoms with Gasteiger partial charge in [0.2, 0.25) is 0 Å². The van der Waals surface area contributed by atoms with Crippen LogP contribution in [0.2, 0.25) is 0 Å². The molecule has 1 saturated heterocycles. The van der Waals surface area contributed by atoms with E-state index >= 15 is 0 Å². The van der Waals surface area contributed by atoms with Gasteiger partial charge >= 0.3 is 0 Å². The fraction of sp³-hybridized carbons (Fsp3) is 0.263. The Morgan fingerprint density at radius 1 is 1.00 bits per heavy atom. The number of carbonyl (C=O) groups is 2. The standard InChI is InChI=1S/C19H19N5O2/c1-13-21-15-6-5-14(12-17(15)22-13)18(25)23-8-10-24(11-9-23)19(26)16-4-2-3-7-20-16/h2-7,12H,8-11H2,1H3,(H,21,22). The Hall–Kier alpha value is -3.22. The quantitative estimate of drug-likeness (QED) is 0.766. The van der Waals surface area contributed by atoms with E-state index in [1.54, 1.807) is 40.3 Å². The molecule has 132 valence electrons. The predicted octanol–water partition coefficient (Wildman–Crippen LogP) is 1.86. The lowest BCUT2D eigenvalue weighted by molar-refractivity contribution is 0.0532. The summed E-state index contributed by atoms with van der Waals surface area (Å²) in [5.74, 6) is 0.711. The number of fused-ring (bicyclic) bond motifs is 1. The van der Waals surface area contributed by atoms with Gasteiger partial charge in [0.1, 0.15) is 11.5 Å². The maximum absolute atomic E-state index is 12.8. The molecule has 7 heteroatoms. The molecule has 2 aromatic heterocycles. The number of hydrogen-bond acceptors (Lipinski definition) is 4. The number of benzene rings is 1. The average Bonchev–Trinajstić information content (AvgIpc) is 3.07. The second kappa shape index (κ2) is 6.59. The highest BCUT2D eigenvalue weighted by Gasteiger charge is 2.26. The maximum atomic E-state index is 12.8. The first-order valence-corrected chi connectivity index (χ1v) is 8.58. The van der Waals surface area contributed by atoms with Crippen LogP contribution in [0.3, 0.4) is 0 Å². The van der Waals surface area contributed by atoms with Gasteiger partial charge in [0, 0.05) is 37.9 Å². The molecule has 0 atom stereocenters. The van der Waals surface area contributed by atoms with Crippen LogP contribution < -0.4 is 0 Å². The van der Waals surface area contributed by atoms with Gasteiger partial charge in [-0.15, -0.1) is 0 Å². The summed E-state index contributed by atoms with van der Waals surface area (Å²) in [4.78, 5) is 40.4. The van der Waals surface area contributed by atoms with Crippen molar-refractivity contribution in [2.75, 3.05) is 26.2 Å². The molecule has 3 aromatic rings. The predicted molar refractivity (Wildman–Crippen MR) is 96.9 cm³/mol. The molecule has 1 aromatic carbocycles.